The third-order valence-corrected chi connectivity index (χ3v) is 2.74. The summed E-state index contributed by atoms with van der Waals surface area (Å²) in [7, 11) is 0. The van der Waals surface area contributed by atoms with E-state index >= 15 is 0 Å². The molecule has 2 amide bonds. The fraction of sp³-hybridized carbons (Fsp3) is 0.471. The van der Waals surface area contributed by atoms with Gasteiger partial charge in [-0.05, 0) is 32.8 Å². The maximum Gasteiger partial charge on any atom is 0.419 e. The Hall–Kier alpha value is -2.37. The molecule has 0 N–H and O–H groups in total. The molecule has 6 nitrogen and oxygen atoms in total. The van der Waals surface area contributed by atoms with Crippen LogP contribution in [-0.2, 0) is 20.9 Å². The van der Waals surface area contributed by atoms with E-state index < -0.39 is 17.8 Å². The summed E-state index contributed by atoms with van der Waals surface area (Å²) in [4.78, 5) is 35.6. The van der Waals surface area contributed by atoms with Gasteiger partial charge in [-0.3, -0.25) is 0 Å². The van der Waals surface area contributed by atoms with Gasteiger partial charge in [-0.15, -0.1) is 0 Å². The molecule has 0 unspecified atom stereocenters. The number of benzene rings is 1. The third-order valence-electron chi connectivity index (χ3n) is 2.74. The average Bonchev–Trinajstić information content (AvgIpc) is 2.48. The fourth-order valence-electron chi connectivity index (χ4n) is 1.70. The minimum absolute atomic E-state index is 0.0622. The molecule has 0 saturated heterocycles. The molecular weight excluding hydrogens is 298 g/mol. The van der Waals surface area contributed by atoms with Crippen molar-refractivity contribution in [2.75, 3.05) is 6.54 Å². The van der Waals surface area contributed by atoms with Crippen molar-refractivity contribution < 1.29 is 23.9 Å². The summed E-state index contributed by atoms with van der Waals surface area (Å²) in [6.07, 6.45) is -0.202. The predicted molar refractivity (Wildman–Crippen MR) is 84.9 cm³/mol. The summed E-state index contributed by atoms with van der Waals surface area (Å²) in [6.45, 7) is 5.27. The number of aldehydes is 1. The van der Waals surface area contributed by atoms with Crippen LogP contribution in [0.25, 0.3) is 0 Å². The van der Waals surface area contributed by atoms with Crippen molar-refractivity contribution >= 4 is 18.5 Å². The second-order valence-corrected chi connectivity index (χ2v) is 5.98. The Kier molecular flexibility index (Phi) is 7.25. The number of ether oxygens (including phenoxy) is 2. The van der Waals surface area contributed by atoms with Gasteiger partial charge in [-0.1, -0.05) is 30.3 Å². The van der Waals surface area contributed by atoms with Crippen LogP contribution in [0.5, 0.6) is 0 Å². The van der Waals surface area contributed by atoms with Crippen LogP contribution < -0.4 is 0 Å². The molecule has 0 bridgehead atoms. The van der Waals surface area contributed by atoms with E-state index in [0.29, 0.717) is 6.42 Å². The quantitative estimate of drug-likeness (QED) is 0.592. The minimum atomic E-state index is -0.783. The Morgan fingerprint density at radius 2 is 1.78 bits per heavy atom. The minimum Gasteiger partial charge on any atom is -0.444 e. The molecule has 0 aliphatic heterocycles. The van der Waals surface area contributed by atoms with Gasteiger partial charge in [-0.25, -0.2) is 14.5 Å². The van der Waals surface area contributed by atoms with E-state index in [0.717, 1.165) is 16.7 Å². The molecule has 0 aromatic heterocycles. The molecule has 0 aliphatic rings. The molecule has 1 rings (SSSR count). The SMILES string of the molecule is CC(C)(C)OC(=O)N(CCCC=O)C(=O)OCc1ccccc1. The zero-order valence-electron chi connectivity index (χ0n) is 13.8. The number of carbonyl (C=O) groups excluding carboxylic acids is 3. The lowest BCUT2D eigenvalue weighted by atomic mass is 10.2. The van der Waals surface area contributed by atoms with E-state index in [1.807, 2.05) is 30.3 Å². The first kappa shape index (κ1) is 18.7. The maximum atomic E-state index is 12.2. The average molecular weight is 321 g/mol. The molecule has 0 aliphatic carbocycles. The number of hydrogen-bond donors (Lipinski definition) is 0. The van der Waals surface area contributed by atoms with Gasteiger partial charge >= 0.3 is 12.2 Å². The van der Waals surface area contributed by atoms with Gasteiger partial charge in [-0.2, -0.15) is 0 Å². The Morgan fingerprint density at radius 1 is 1.13 bits per heavy atom. The molecular formula is C17H23NO5. The number of nitrogens with zero attached hydrogens (tertiary/aromatic N) is 1. The summed E-state index contributed by atoms with van der Waals surface area (Å²) in [5.74, 6) is 0. The summed E-state index contributed by atoms with van der Waals surface area (Å²) in [5, 5.41) is 0. The van der Waals surface area contributed by atoms with Gasteiger partial charge in [0.1, 0.15) is 18.5 Å². The molecule has 1 aromatic carbocycles. The van der Waals surface area contributed by atoms with Crippen LogP contribution in [0.3, 0.4) is 0 Å². The predicted octanol–water partition coefficient (Wildman–Crippen LogP) is 3.54. The van der Waals surface area contributed by atoms with Crippen molar-refractivity contribution in [1.29, 1.82) is 0 Å². The van der Waals surface area contributed by atoms with Crippen molar-refractivity contribution in [1.82, 2.24) is 4.90 Å². The van der Waals surface area contributed by atoms with Crippen LogP contribution in [-0.4, -0.2) is 35.5 Å². The van der Waals surface area contributed by atoms with Gasteiger partial charge in [0, 0.05) is 13.0 Å². The lowest BCUT2D eigenvalue weighted by Crippen LogP contribution is -2.41. The van der Waals surface area contributed by atoms with Crippen molar-refractivity contribution in [2.45, 2.75) is 45.8 Å². The maximum absolute atomic E-state index is 12.2. The van der Waals surface area contributed by atoms with E-state index in [-0.39, 0.29) is 19.6 Å². The highest BCUT2D eigenvalue weighted by Gasteiger charge is 2.28. The highest BCUT2D eigenvalue weighted by molar-refractivity contribution is 5.87. The monoisotopic (exact) mass is 321 g/mol. The van der Waals surface area contributed by atoms with Crippen LogP contribution in [0, 0.1) is 0 Å². The van der Waals surface area contributed by atoms with Crippen LogP contribution in [0.2, 0.25) is 0 Å². The van der Waals surface area contributed by atoms with Crippen molar-refractivity contribution in [2.24, 2.45) is 0 Å². The zero-order valence-corrected chi connectivity index (χ0v) is 13.8. The number of rotatable bonds is 6. The van der Waals surface area contributed by atoms with Crippen molar-refractivity contribution in [3.05, 3.63) is 35.9 Å². The van der Waals surface area contributed by atoms with E-state index in [2.05, 4.69) is 0 Å². The van der Waals surface area contributed by atoms with Crippen molar-refractivity contribution in [3.63, 3.8) is 0 Å². The number of carbonyl (C=O) groups is 3. The Balaban J connectivity index is 2.67. The first-order valence-electron chi connectivity index (χ1n) is 7.48. The van der Waals surface area contributed by atoms with E-state index in [1.54, 1.807) is 20.8 Å². The Labute approximate surface area is 136 Å². The van der Waals surface area contributed by atoms with Crippen LogP contribution in [0.4, 0.5) is 9.59 Å². The van der Waals surface area contributed by atoms with E-state index in [9.17, 15) is 14.4 Å². The topological polar surface area (TPSA) is 72.9 Å². The molecule has 0 heterocycles. The molecule has 0 atom stereocenters. The molecule has 0 saturated carbocycles. The van der Waals surface area contributed by atoms with Gasteiger partial charge in [0.05, 0.1) is 0 Å². The van der Waals surface area contributed by atoms with Crippen LogP contribution in [0.1, 0.15) is 39.2 Å². The molecule has 0 radical (unpaired) electrons. The first-order valence-corrected chi connectivity index (χ1v) is 7.48. The van der Waals surface area contributed by atoms with Gasteiger partial charge in [0.15, 0.2) is 0 Å². The van der Waals surface area contributed by atoms with Gasteiger partial charge < -0.3 is 14.3 Å². The summed E-state index contributed by atoms with van der Waals surface area (Å²) < 4.78 is 10.4. The summed E-state index contributed by atoms with van der Waals surface area (Å²) >= 11 is 0. The number of unbranched alkanes of at least 4 members (excludes halogenated alkanes) is 1. The standard InChI is InChI=1S/C17H23NO5/c1-17(2,3)23-16(21)18(11-7-8-12-19)15(20)22-13-14-9-5-4-6-10-14/h4-6,9-10,12H,7-8,11,13H2,1-3H3. The first-order chi connectivity index (χ1) is 10.8. The lowest BCUT2D eigenvalue weighted by molar-refractivity contribution is -0.108. The molecule has 6 heteroatoms. The smallest absolute Gasteiger partial charge is 0.419 e. The van der Waals surface area contributed by atoms with E-state index in [4.69, 9.17) is 9.47 Å². The van der Waals surface area contributed by atoms with Crippen molar-refractivity contribution in [3.8, 4) is 0 Å². The van der Waals surface area contributed by atoms with Crippen LogP contribution in [0.15, 0.2) is 30.3 Å². The molecule has 126 valence electrons. The van der Waals surface area contributed by atoms with Crippen LogP contribution >= 0.6 is 0 Å². The number of amides is 2. The number of hydrogen-bond acceptors (Lipinski definition) is 5. The Morgan fingerprint density at radius 3 is 2.35 bits per heavy atom. The Bertz CT molecular complexity index is 522. The lowest BCUT2D eigenvalue weighted by Gasteiger charge is -2.25. The molecule has 1 aromatic rings. The van der Waals surface area contributed by atoms with E-state index in [1.165, 1.54) is 0 Å². The molecule has 0 spiro atoms. The molecule has 0 fully saturated rings. The highest BCUT2D eigenvalue weighted by Crippen LogP contribution is 2.12. The highest BCUT2D eigenvalue weighted by atomic mass is 16.6. The number of imide groups is 1. The fourth-order valence-corrected chi connectivity index (χ4v) is 1.70. The molecule has 23 heavy (non-hydrogen) atoms. The summed E-state index contributed by atoms with van der Waals surface area (Å²) in [6, 6.07) is 9.16. The second kappa shape index (κ2) is 8.92. The second-order valence-electron chi connectivity index (χ2n) is 5.98. The third kappa shape index (κ3) is 7.44. The largest absolute Gasteiger partial charge is 0.444 e. The van der Waals surface area contributed by atoms with Gasteiger partial charge in [0.25, 0.3) is 0 Å². The zero-order chi connectivity index (χ0) is 17.3. The van der Waals surface area contributed by atoms with Gasteiger partial charge in [0.2, 0.25) is 0 Å². The summed E-state index contributed by atoms with van der Waals surface area (Å²) in [5.41, 5.74) is 0.0950. The normalized spacial score (nSPS) is 10.7.